The molecule has 148 valence electrons. The van der Waals surface area contributed by atoms with Crippen LogP contribution < -0.4 is 14.3 Å². The summed E-state index contributed by atoms with van der Waals surface area (Å²) in [5.74, 6) is 1.23. The number of carbonyl (C=O) groups excluding carboxylic acids is 1. The van der Waals surface area contributed by atoms with Gasteiger partial charge in [-0.1, -0.05) is 43.2 Å². The van der Waals surface area contributed by atoms with E-state index in [0.717, 1.165) is 35.2 Å². The summed E-state index contributed by atoms with van der Waals surface area (Å²) in [6.45, 7) is 5.36. The normalized spacial score (nSPS) is 11.8. The standard InChI is InChI=1S/C22H26N2O3S/c1-4-6-7-14-27-17-11-8-10-16(15-17)21(25)23-22-24(3)20-18(26-5-2)12-9-13-19(20)28-22/h8-13,15H,4-7,14H2,1-3H3. The highest BCUT2D eigenvalue weighted by molar-refractivity contribution is 7.16. The van der Waals surface area contributed by atoms with Crippen molar-refractivity contribution in [3.8, 4) is 11.5 Å². The van der Waals surface area contributed by atoms with Crippen LogP contribution in [0.4, 0.5) is 0 Å². The molecule has 0 aliphatic heterocycles. The number of benzene rings is 2. The van der Waals surface area contributed by atoms with Crippen molar-refractivity contribution in [2.24, 2.45) is 12.0 Å². The zero-order chi connectivity index (χ0) is 19.9. The van der Waals surface area contributed by atoms with Crippen molar-refractivity contribution in [2.75, 3.05) is 13.2 Å². The van der Waals surface area contributed by atoms with Gasteiger partial charge in [-0.05, 0) is 43.7 Å². The molecular formula is C22H26N2O3S. The molecule has 0 N–H and O–H groups in total. The fourth-order valence-electron chi connectivity index (χ4n) is 2.96. The molecule has 0 atom stereocenters. The number of fused-ring (bicyclic) bond motifs is 1. The lowest BCUT2D eigenvalue weighted by atomic mass is 10.2. The molecule has 0 bridgehead atoms. The van der Waals surface area contributed by atoms with E-state index in [1.54, 1.807) is 12.1 Å². The summed E-state index contributed by atoms with van der Waals surface area (Å²) in [7, 11) is 1.90. The summed E-state index contributed by atoms with van der Waals surface area (Å²) in [4.78, 5) is 17.7. The predicted octanol–water partition coefficient (Wildman–Crippen LogP) is 4.95. The van der Waals surface area contributed by atoms with E-state index < -0.39 is 0 Å². The maximum atomic E-state index is 12.7. The molecule has 1 amide bonds. The lowest BCUT2D eigenvalue weighted by molar-refractivity contribution is 0.0997. The third-order valence-electron chi connectivity index (χ3n) is 4.38. The van der Waals surface area contributed by atoms with Gasteiger partial charge in [0.2, 0.25) is 0 Å². The average molecular weight is 399 g/mol. The lowest BCUT2D eigenvalue weighted by Crippen LogP contribution is -2.13. The smallest absolute Gasteiger partial charge is 0.279 e. The van der Waals surface area contributed by atoms with Crippen LogP contribution in [0.2, 0.25) is 0 Å². The Morgan fingerprint density at radius 1 is 1.11 bits per heavy atom. The van der Waals surface area contributed by atoms with Crippen LogP contribution in [0.5, 0.6) is 11.5 Å². The molecule has 3 rings (SSSR count). The summed E-state index contributed by atoms with van der Waals surface area (Å²) >= 11 is 1.47. The van der Waals surface area contributed by atoms with Crippen molar-refractivity contribution in [1.29, 1.82) is 0 Å². The molecule has 5 nitrogen and oxygen atoms in total. The Morgan fingerprint density at radius 3 is 2.71 bits per heavy atom. The number of thiazole rings is 1. The van der Waals surface area contributed by atoms with E-state index in [1.165, 1.54) is 11.3 Å². The van der Waals surface area contributed by atoms with Crippen LogP contribution in [0.3, 0.4) is 0 Å². The average Bonchev–Trinajstić information content (AvgIpc) is 3.02. The van der Waals surface area contributed by atoms with Gasteiger partial charge in [-0.15, -0.1) is 0 Å². The number of hydrogen-bond donors (Lipinski definition) is 0. The largest absolute Gasteiger partial charge is 0.494 e. The summed E-state index contributed by atoms with van der Waals surface area (Å²) in [5, 5.41) is 0. The van der Waals surface area contributed by atoms with E-state index in [9.17, 15) is 4.79 Å². The van der Waals surface area contributed by atoms with Gasteiger partial charge in [0, 0.05) is 12.6 Å². The molecule has 1 aromatic heterocycles. The van der Waals surface area contributed by atoms with E-state index in [4.69, 9.17) is 9.47 Å². The van der Waals surface area contributed by atoms with Gasteiger partial charge in [0.25, 0.3) is 5.91 Å². The van der Waals surface area contributed by atoms with E-state index >= 15 is 0 Å². The van der Waals surface area contributed by atoms with Gasteiger partial charge in [-0.25, -0.2) is 0 Å². The Balaban J connectivity index is 1.87. The monoisotopic (exact) mass is 398 g/mol. The quantitative estimate of drug-likeness (QED) is 0.505. The number of rotatable bonds is 8. The van der Waals surface area contributed by atoms with Gasteiger partial charge in [-0.2, -0.15) is 4.99 Å². The number of carbonyl (C=O) groups is 1. The first kappa shape index (κ1) is 20.1. The molecule has 6 heteroatoms. The van der Waals surface area contributed by atoms with Crippen molar-refractivity contribution >= 4 is 27.5 Å². The molecule has 0 aliphatic carbocycles. The maximum absolute atomic E-state index is 12.7. The number of unbranched alkanes of at least 4 members (excludes halogenated alkanes) is 2. The van der Waals surface area contributed by atoms with Crippen molar-refractivity contribution < 1.29 is 14.3 Å². The molecule has 0 saturated heterocycles. The van der Waals surface area contributed by atoms with Gasteiger partial charge >= 0.3 is 0 Å². The van der Waals surface area contributed by atoms with Gasteiger partial charge in [0.15, 0.2) is 4.80 Å². The lowest BCUT2D eigenvalue weighted by Gasteiger charge is -2.06. The Labute approximate surface area is 169 Å². The number of amides is 1. The fourth-order valence-corrected chi connectivity index (χ4v) is 3.99. The van der Waals surface area contributed by atoms with E-state index in [1.807, 2.05) is 48.9 Å². The summed E-state index contributed by atoms with van der Waals surface area (Å²) in [6, 6.07) is 13.1. The molecule has 0 aliphatic rings. The topological polar surface area (TPSA) is 52.8 Å². The molecule has 0 radical (unpaired) electrons. The zero-order valence-corrected chi connectivity index (χ0v) is 17.4. The van der Waals surface area contributed by atoms with Crippen LogP contribution in [0.15, 0.2) is 47.5 Å². The highest BCUT2D eigenvalue weighted by atomic mass is 32.1. The minimum Gasteiger partial charge on any atom is -0.494 e. The molecular weight excluding hydrogens is 372 g/mol. The molecule has 1 heterocycles. The van der Waals surface area contributed by atoms with Crippen LogP contribution in [0.25, 0.3) is 10.2 Å². The molecule has 0 fully saturated rings. The minimum absolute atomic E-state index is 0.279. The second-order valence-electron chi connectivity index (χ2n) is 6.48. The highest BCUT2D eigenvalue weighted by Crippen LogP contribution is 2.27. The minimum atomic E-state index is -0.279. The Hall–Kier alpha value is -2.60. The van der Waals surface area contributed by atoms with Crippen LogP contribution in [0, 0.1) is 0 Å². The summed E-state index contributed by atoms with van der Waals surface area (Å²) in [6.07, 6.45) is 3.30. The van der Waals surface area contributed by atoms with Crippen molar-refractivity contribution in [3.05, 3.63) is 52.8 Å². The van der Waals surface area contributed by atoms with E-state index in [-0.39, 0.29) is 5.91 Å². The molecule has 0 spiro atoms. The highest BCUT2D eigenvalue weighted by Gasteiger charge is 2.11. The van der Waals surface area contributed by atoms with Gasteiger partial charge < -0.3 is 14.0 Å². The maximum Gasteiger partial charge on any atom is 0.279 e. The van der Waals surface area contributed by atoms with Crippen molar-refractivity contribution in [3.63, 3.8) is 0 Å². The first-order valence-corrected chi connectivity index (χ1v) is 10.5. The third-order valence-corrected chi connectivity index (χ3v) is 5.48. The van der Waals surface area contributed by atoms with Crippen LogP contribution >= 0.6 is 11.3 Å². The Bertz CT molecular complexity index is 1020. The second-order valence-corrected chi connectivity index (χ2v) is 7.49. The Morgan fingerprint density at radius 2 is 1.93 bits per heavy atom. The summed E-state index contributed by atoms with van der Waals surface area (Å²) < 4.78 is 14.4. The number of para-hydroxylation sites is 1. The summed E-state index contributed by atoms with van der Waals surface area (Å²) in [5.41, 5.74) is 1.48. The molecule has 3 aromatic rings. The third kappa shape index (κ3) is 4.62. The number of ether oxygens (including phenoxy) is 2. The van der Waals surface area contributed by atoms with Crippen molar-refractivity contribution in [1.82, 2.24) is 4.57 Å². The van der Waals surface area contributed by atoms with Gasteiger partial charge in [-0.3, -0.25) is 4.79 Å². The van der Waals surface area contributed by atoms with Gasteiger partial charge in [0.1, 0.15) is 17.0 Å². The Kier molecular flexibility index (Phi) is 6.87. The van der Waals surface area contributed by atoms with E-state index in [0.29, 0.717) is 29.3 Å². The van der Waals surface area contributed by atoms with Crippen molar-refractivity contribution in [2.45, 2.75) is 33.1 Å². The number of aryl methyl sites for hydroxylation is 1. The fraction of sp³-hybridized carbons (Fsp3) is 0.364. The number of nitrogens with zero attached hydrogens (tertiary/aromatic N) is 2. The molecule has 28 heavy (non-hydrogen) atoms. The first-order chi connectivity index (χ1) is 13.6. The van der Waals surface area contributed by atoms with Gasteiger partial charge in [0.05, 0.1) is 17.9 Å². The zero-order valence-electron chi connectivity index (χ0n) is 16.6. The number of hydrogen-bond acceptors (Lipinski definition) is 4. The second kappa shape index (κ2) is 9.55. The number of aromatic nitrogens is 1. The predicted molar refractivity (Wildman–Crippen MR) is 113 cm³/mol. The van der Waals surface area contributed by atoms with E-state index in [2.05, 4.69) is 11.9 Å². The molecule has 0 saturated carbocycles. The van der Waals surface area contributed by atoms with Crippen LogP contribution in [0.1, 0.15) is 43.5 Å². The molecule has 2 aromatic carbocycles. The first-order valence-electron chi connectivity index (χ1n) is 9.67. The van der Waals surface area contributed by atoms with Crippen LogP contribution in [-0.4, -0.2) is 23.7 Å². The van der Waals surface area contributed by atoms with Crippen LogP contribution in [-0.2, 0) is 7.05 Å². The molecule has 0 unspecified atom stereocenters. The SMILES string of the molecule is CCCCCOc1cccc(C(=O)N=c2sc3cccc(OCC)c3n2C)c1.